The lowest BCUT2D eigenvalue weighted by atomic mass is 9.64. The number of aromatic nitrogens is 2. The van der Waals surface area contributed by atoms with Crippen LogP contribution in [0.3, 0.4) is 0 Å². The minimum atomic E-state index is -0.623. The van der Waals surface area contributed by atoms with Crippen LogP contribution in [0.1, 0.15) is 59.4 Å². The molecule has 0 unspecified atom stereocenters. The molecule has 1 saturated carbocycles. The van der Waals surface area contributed by atoms with Gasteiger partial charge >= 0.3 is 5.97 Å². The van der Waals surface area contributed by atoms with E-state index in [-0.39, 0.29) is 23.6 Å². The lowest BCUT2D eigenvalue weighted by Crippen LogP contribution is -2.42. The van der Waals surface area contributed by atoms with Crippen LogP contribution < -0.4 is 16.2 Å². The average molecular weight is 427 g/mol. The average Bonchev–Trinajstić information content (AvgIpc) is 2.64. The summed E-state index contributed by atoms with van der Waals surface area (Å²) in [6.07, 6.45) is 4.89. The summed E-state index contributed by atoms with van der Waals surface area (Å²) >= 11 is 0. The minimum Gasteiger partial charge on any atom is -0.459 e. The summed E-state index contributed by atoms with van der Waals surface area (Å²) in [6, 6.07) is 10.5. The van der Waals surface area contributed by atoms with Crippen LogP contribution in [0.5, 0.6) is 0 Å². The van der Waals surface area contributed by atoms with E-state index in [1.54, 1.807) is 27.0 Å². The summed E-state index contributed by atoms with van der Waals surface area (Å²) < 4.78 is 6.77. The lowest BCUT2D eigenvalue weighted by molar-refractivity contribution is -0.155. The Labute approximate surface area is 184 Å². The molecule has 1 aliphatic carbocycles. The molecule has 1 fully saturated rings. The van der Waals surface area contributed by atoms with E-state index in [0.29, 0.717) is 18.2 Å². The van der Waals surface area contributed by atoms with Gasteiger partial charge in [-0.05, 0) is 53.0 Å². The van der Waals surface area contributed by atoms with E-state index in [0.717, 1.165) is 12.8 Å². The third kappa shape index (κ3) is 5.66. The van der Waals surface area contributed by atoms with Crippen LogP contribution in [0.2, 0.25) is 0 Å². The predicted molar refractivity (Wildman–Crippen MR) is 124 cm³/mol. The number of carbonyl (C=O) groups excluding carboxylic acids is 1. The number of rotatable bonds is 8. The highest BCUT2D eigenvalue weighted by molar-refractivity contribution is 5.70. The van der Waals surface area contributed by atoms with Crippen molar-refractivity contribution in [2.75, 3.05) is 17.2 Å². The summed E-state index contributed by atoms with van der Waals surface area (Å²) in [5.41, 5.74) is 0.793. The Morgan fingerprint density at radius 2 is 1.90 bits per heavy atom. The second kappa shape index (κ2) is 9.12. The number of benzene rings is 1. The number of hydrogen-bond donors (Lipinski definition) is 2. The lowest BCUT2D eigenvalue weighted by Gasteiger charge is -2.42. The highest BCUT2D eigenvalue weighted by Crippen LogP contribution is 2.43. The first-order valence-electron chi connectivity index (χ1n) is 11.0. The number of nitrogens with zero attached hydrogens (tertiary/aromatic N) is 2. The Balaban J connectivity index is 1.84. The highest BCUT2D eigenvalue weighted by atomic mass is 16.6. The van der Waals surface area contributed by atoms with Crippen molar-refractivity contribution >= 4 is 17.6 Å². The van der Waals surface area contributed by atoms with Gasteiger partial charge in [0, 0.05) is 18.0 Å². The first-order valence-corrected chi connectivity index (χ1v) is 11.0. The molecule has 1 aliphatic rings. The van der Waals surface area contributed by atoms with E-state index in [1.807, 2.05) is 19.9 Å². The maximum atomic E-state index is 13.2. The fourth-order valence-corrected chi connectivity index (χ4v) is 3.86. The van der Waals surface area contributed by atoms with Crippen LogP contribution in [-0.2, 0) is 21.5 Å². The Bertz CT molecular complexity index is 957. The van der Waals surface area contributed by atoms with Gasteiger partial charge in [-0.1, -0.05) is 36.8 Å². The van der Waals surface area contributed by atoms with Crippen molar-refractivity contribution in [2.45, 2.75) is 77.5 Å². The normalized spacial score (nSPS) is 15.3. The first-order chi connectivity index (χ1) is 14.6. The third-order valence-electron chi connectivity index (χ3n) is 5.49. The van der Waals surface area contributed by atoms with Crippen LogP contribution in [-0.4, -0.2) is 33.7 Å². The fourth-order valence-electron chi connectivity index (χ4n) is 3.86. The van der Waals surface area contributed by atoms with Crippen molar-refractivity contribution in [3.05, 3.63) is 52.4 Å². The molecule has 0 spiro atoms. The molecule has 0 radical (unpaired) electrons. The summed E-state index contributed by atoms with van der Waals surface area (Å²) in [7, 11) is 0. The van der Waals surface area contributed by atoms with Crippen LogP contribution in [0.25, 0.3) is 0 Å². The van der Waals surface area contributed by atoms with E-state index in [4.69, 9.17) is 4.74 Å². The van der Waals surface area contributed by atoms with Crippen LogP contribution in [0.4, 0.5) is 11.6 Å². The standard InChI is InChI=1S/C24H34N4O3/c1-17(2)27-22-25-14-19(21(30)28(22)15-20(29)31-23(3,4)5)26-16-24(12-9-13-24)18-10-7-6-8-11-18/h6-8,10-11,14,17,26H,9,12-13,15-16H2,1-5H3,(H,25,27). The van der Waals surface area contributed by atoms with Gasteiger partial charge in [0.1, 0.15) is 17.8 Å². The number of nitrogens with one attached hydrogen (secondary N) is 2. The molecule has 168 valence electrons. The number of carbonyl (C=O) groups is 1. The molecule has 0 aliphatic heterocycles. The molecule has 1 heterocycles. The predicted octanol–water partition coefficient (Wildman–Crippen LogP) is 3.94. The monoisotopic (exact) mass is 426 g/mol. The largest absolute Gasteiger partial charge is 0.459 e. The zero-order valence-corrected chi connectivity index (χ0v) is 19.2. The van der Waals surface area contributed by atoms with Crippen LogP contribution in [0, 0.1) is 0 Å². The summed E-state index contributed by atoms with van der Waals surface area (Å²) in [4.78, 5) is 30.1. The van der Waals surface area contributed by atoms with Crippen LogP contribution >= 0.6 is 0 Å². The SMILES string of the molecule is CC(C)Nc1ncc(NCC2(c3ccccc3)CCC2)c(=O)n1CC(=O)OC(C)(C)C. The van der Waals surface area contributed by atoms with E-state index in [1.165, 1.54) is 16.6 Å². The van der Waals surface area contributed by atoms with Crippen LogP contribution in [0.15, 0.2) is 41.3 Å². The summed E-state index contributed by atoms with van der Waals surface area (Å²) in [6.45, 7) is 9.78. The van der Waals surface area contributed by atoms with Gasteiger partial charge in [-0.2, -0.15) is 0 Å². The van der Waals surface area contributed by atoms with E-state index in [9.17, 15) is 9.59 Å². The van der Waals surface area contributed by atoms with Crippen molar-refractivity contribution in [3.8, 4) is 0 Å². The Kier molecular flexibility index (Phi) is 6.72. The molecule has 0 amide bonds. The Morgan fingerprint density at radius 3 is 2.45 bits per heavy atom. The highest BCUT2D eigenvalue weighted by Gasteiger charge is 2.38. The molecule has 2 N–H and O–H groups in total. The smallest absolute Gasteiger partial charge is 0.326 e. The van der Waals surface area contributed by atoms with Gasteiger partial charge in [0.2, 0.25) is 5.95 Å². The summed E-state index contributed by atoms with van der Waals surface area (Å²) in [5, 5.41) is 6.47. The van der Waals surface area contributed by atoms with Crippen molar-refractivity contribution in [1.29, 1.82) is 0 Å². The van der Waals surface area contributed by atoms with Gasteiger partial charge in [0.15, 0.2) is 0 Å². The third-order valence-corrected chi connectivity index (χ3v) is 5.49. The molecule has 1 aromatic heterocycles. The maximum absolute atomic E-state index is 13.2. The van der Waals surface area contributed by atoms with Gasteiger partial charge in [0.05, 0.1) is 6.20 Å². The van der Waals surface area contributed by atoms with Crippen molar-refractivity contribution < 1.29 is 9.53 Å². The topological polar surface area (TPSA) is 85.3 Å². The van der Waals surface area contributed by atoms with E-state index in [2.05, 4.69) is 39.9 Å². The quantitative estimate of drug-likeness (QED) is 0.622. The molecule has 0 saturated heterocycles. The molecule has 2 aromatic rings. The van der Waals surface area contributed by atoms with E-state index < -0.39 is 11.6 Å². The zero-order chi connectivity index (χ0) is 22.6. The summed E-state index contributed by atoms with van der Waals surface area (Å²) in [5.74, 6) is -0.113. The van der Waals surface area contributed by atoms with Gasteiger partial charge in [-0.25, -0.2) is 4.98 Å². The van der Waals surface area contributed by atoms with Crippen molar-refractivity contribution in [2.24, 2.45) is 0 Å². The molecule has 3 rings (SSSR count). The van der Waals surface area contributed by atoms with Gasteiger partial charge in [-0.3, -0.25) is 14.2 Å². The fraction of sp³-hybridized carbons (Fsp3) is 0.542. The van der Waals surface area contributed by atoms with Gasteiger partial charge < -0.3 is 15.4 Å². The molecule has 31 heavy (non-hydrogen) atoms. The number of ether oxygens (including phenoxy) is 1. The van der Waals surface area contributed by atoms with Gasteiger partial charge in [0.25, 0.3) is 5.56 Å². The molecular formula is C24H34N4O3. The van der Waals surface area contributed by atoms with Crippen molar-refractivity contribution in [3.63, 3.8) is 0 Å². The number of hydrogen-bond acceptors (Lipinski definition) is 6. The second-order valence-electron chi connectivity index (χ2n) is 9.63. The molecule has 1 aromatic carbocycles. The Hall–Kier alpha value is -2.83. The second-order valence-corrected chi connectivity index (χ2v) is 9.63. The first kappa shape index (κ1) is 22.8. The minimum absolute atomic E-state index is 0.0263. The number of esters is 1. The molecule has 0 atom stereocenters. The van der Waals surface area contributed by atoms with Gasteiger partial charge in [-0.15, -0.1) is 0 Å². The van der Waals surface area contributed by atoms with E-state index >= 15 is 0 Å². The number of anilines is 2. The van der Waals surface area contributed by atoms with Crippen molar-refractivity contribution in [1.82, 2.24) is 9.55 Å². The molecule has 7 heteroatoms. The zero-order valence-electron chi connectivity index (χ0n) is 19.2. The Morgan fingerprint density at radius 1 is 1.23 bits per heavy atom. The molecular weight excluding hydrogens is 392 g/mol. The molecule has 7 nitrogen and oxygen atoms in total. The maximum Gasteiger partial charge on any atom is 0.326 e. The molecule has 0 bridgehead atoms.